The summed E-state index contributed by atoms with van der Waals surface area (Å²) in [6.07, 6.45) is 1.56. The molecule has 0 radical (unpaired) electrons. The van der Waals surface area contributed by atoms with Gasteiger partial charge in [0, 0.05) is 24.3 Å². The van der Waals surface area contributed by atoms with Crippen LogP contribution in [0.1, 0.15) is 25.0 Å². The number of halogens is 1. The molecule has 0 spiro atoms. The molecule has 1 aromatic carbocycles. The van der Waals surface area contributed by atoms with Crippen molar-refractivity contribution in [2.45, 2.75) is 33.4 Å². The van der Waals surface area contributed by atoms with Gasteiger partial charge in [-0.2, -0.15) is 0 Å². The SMILES string of the molecule is Cc1ccc(Oc2nccc(CNC(C)C)c2F)cc1. The normalized spacial score (nSPS) is 10.8. The smallest absolute Gasteiger partial charge is 0.256 e. The summed E-state index contributed by atoms with van der Waals surface area (Å²) >= 11 is 0. The number of aromatic nitrogens is 1. The summed E-state index contributed by atoms with van der Waals surface area (Å²) in [5, 5.41) is 3.18. The maximum atomic E-state index is 14.3. The summed E-state index contributed by atoms with van der Waals surface area (Å²) in [5.74, 6) is 0.175. The maximum Gasteiger partial charge on any atom is 0.256 e. The summed E-state index contributed by atoms with van der Waals surface area (Å²) in [6, 6.07) is 9.39. The molecular formula is C16H19FN2O. The Morgan fingerprint density at radius 2 is 1.90 bits per heavy atom. The Labute approximate surface area is 118 Å². The van der Waals surface area contributed by atoms with Gasteiger partial charge < -0.3 is 10.1 Å². The summed E-state index contributed by atoms with van der Waals surface area (Å²) in [7, 11) is 0. The van der Waals surface area contributed by atoms with Crippen molar-refractivity contribution >= 4 is 0 Å². The predicted octanol–water partition coefficient (Wildman–Crippen LogP) is 3.82. The molecule has 2 aromatic rings. The van der Waals surface area contributed by atoms with Crippen LogP contribution in [0.2, 0.25) is 0 Å². The number of ether oxygens (including phenoxy) is 1. The lowest BCUT2D eigenvalue weighted by Crippen LogP contribution is -2.22. The topological polar surface area (TPSA) is 34.1 Å². The molecule has 0 fully saturated rings. The van der Waals surface area contributed by atoms with Gasteiger partial charge >= 0.3 is 0 Å². The number of nitrogens with zero attached hydrogens (tertiary/aromatic N) is 1. The van der Waals surface area contributed by atoms with Crippen molar-refractivity contribution in [1.29, 1.82) is 0 Å². The van der Waals surface area contributed by atoms with E-state index in [2.05, 4.69) is 10.3 Å². The first-order valence-corrected chi connectivity index (χ1v) is 6.67. The monoisotopic (exact) mass is 274 g/mol. The highest BCUT2D eigenvalue weighted by atomic mass is 19.1. The number of aryl methyl sites for hydroxylation is 1. The Morgan fingerprint density at radius 1 is 1.20 bits per heavy atom. The summed E-state index contributed by atoms with van der Waals surface area (Å²) in [4.78, 5) is 3.96. The largest absolute Gasteiger partial charge is 0.436 e. The van der Waals surface area contributed by atoms with Gasteiger partial charge in [0.1, 0.15) is 5.75 Å². The fourth-order valence-corrected chi connectivity index (χ4v) is 1.70. The zero-order chi connectivity index (χ0) is 14.5. The highest BCUT2D eigenvalue weighted by Gasteiger charge is 2.11. The number of rotatable bonds is 5. The fraction of sp³-hybridized carbons (Fsp3) is 0.312. The number of hydrogen-bond acceptors (Lipinski definition) is 3. The fourth-order valence-electron chi connectivity index (χ4n) is 1.70. The lowest BCUT2D eigenvalue weighted by Gasteiger charge is -2.11. The van der Waals surface area contributed by atoms with Crippen LogP contribution in [0.25, 0.3) is 0 Å². The van der Waals surface area contributed by atoms with Crippen molar-refractivity contribution in [1.82, 2.24) is 10.3 Å². The van der Waals surface area contributed by atoms with E-state index in [0.717, 1.165) is 5.56 Å². The number of pyridine rings is 1. The second kappa shape index (κ2) is 6.48. The second-order valence-corrected chi connectivity index (χ2v) is 5.04. The van der Waals surface area contributed by atoms with E-state index in [9.17, 15) is 4.39 Å². The third-order valence-corrected chi connectivity index (χ3v) is 2.87. The van der Waals surface area contributed by atoms with E-state index >= 15 is 0 Å². The molecule has 0 amide bonds. The average Bonchev–Trinajstić information content (AvgIpc) is 2.42. The Morgan fingerprint density at radius 3 is 2.55 bits per heavy atom. The molecule has 4 heteroatoms. The Balaban J connectivity index is 2.15. The first-order chi connectivity index (χ1) is 9.56. The minimum Gasteiger partial charge on any atom is -0.436 e. The maximum absolute atomic E-state index is 14.3. The van der Waals surface area contributed by atoms with E-state index < -0.39 is 5.82 Å². The van der Waals surface area contributed by atoms with E-state index in [1.807, 2.05) is 32.9 Å². The first-order valence-electron chi connectivity index (χ1n) is 6.67. The van der Waals surface area contributed by atoms with E-state index in [1.54, 1.807) is 24.4 Å². The molecule has 0 saturated carbocycles. The molecule has 3 nitrogen and oxygen atoms in total. The van der Waals surface area contributed by atoms with Crippen molar-refractivity contribution < 1.29 is 9.13 Å². The third kappa shape index (κ3) is 3.78. The van der Waals surface area contributed by atoms with Crippen LogP contribution in [0.15, 0.2) is 36.5 Å². The molecule has 0 bridgehead atoms. The van der Waals surface area contributed by atoms with Gasteiger partial charge in [-0.3, -0.25) is 0 Å². The molecule has 0 aliphatic carbocycles. The van der Waals surface area contributed by atoms with Crippen molar-refractivity contribution in [3.05, 3.63) is 53.5 Å². The Kier molecular flexibility index (Phi) is 4.69. The van der Waals surface area contributed by atoms with Crippen molar-refractivity contribution in [3.63, 3.8) is 0 Å². The van der Waals surface area contributed by atoms with Crippen LogP contribution in [0.3, 0.4) is 0 Å². The van der Waals surface area contributed by atoms with Crippen LogP contribution in [-0.4, -0.2) is 11.0 Å². The van der Waals surface area contributed by atoms with Gasteiger partial charge in [0.05, 0.1) is 0 Å². The van der Waals surface area contributed by atoms with Crippen LogP contribution in [0, 0.1) is 12.7 Å². The quantitative estimate of drug-likeness (QED) is 0.900. The lowest BCUT2D eigenvalue weighted by atomic mass is 10.2. The number of hydrogen-bond donors (Lipinski definition) is 1. The van der Waals surface area contributed by atoms with Gasteiger partial charge in [0.2, 0.25) is 0 Å². The number of nitrogens with one attached hydrogen (secondary N) is 1. The van der Waals surface area contributed by atoms with Crippen LogP contribution in [-0.2, 0) is 6.54 Å². The molecule has 0 aliphatic heterocycles. The highest BCUT2D eigenvalue weighted by Crippen LogP contribution is 2.24. The Bertz CT molecular complexity index is 567. The number of benzene rings is 1. The molecule has 106 valence electrons. The molecule has 0 aliphatic rings. The van der Waals surface area contributed by atoms with Crippen molar-refractivity contribution in [3.8, 4) is 11.6 Å². The summed E-state index contributed by atoms with van der Waals surface area (Å²) < 4.78 is 19.8. The van der Waals surface area contributed by atoms with E-state index in [1.165, 1.54) is 0 Å². The van der Waals surface area contributed by atoms with Crippen LogP contribution < -0.4 is 10.1 Å². The van der Waals surface area contributed by atoms with Gasteiger partial charge in [0.15, 0.2) is 5.82 Å². The molecule has 0 atom stereocenters. The van der Waals surface area contributed by atoms with Gasteiger partial charge in [-0.15, -0.1) is 0 Å². The molecule has 1 N–H and O–H groups in total. The molecule has 20 heavy (non-hydrogen) atoms. The van der Waals surface area contributed by atoms with Gasteiger partial charge in [0.25, 0.3) is 5.88 Å². The van der Waals surface area contributed by atoms with E-state index in [-0.39, 0.29) is 5.88 Å². The van der Waals surface area contributed by atoms with Gasteiger partial charge in [-0.05, 0) is 25.1 Å². The minimum atomic E-state index is -0.416. The van der Waals surface area contributed by atoms with Gasteiger partial charge in [-0.25, -0.2) is 9.37 Å². The van der Waals surface area contributed by atoms with Crippen molar-refractivity contribution in [2.75, 3.05) is 0 Å². The molecule has 1 aromatic heterocycles. The minimum absolute atomic E-state index is 0.0110. The van der Waals surface area contributed by atoms with Gasteiger partial charge in [-0.1, -0.05) is 31.5 Å². The molecule has 0 unspecified atom stereocenters. The van der Waals surface area contributed by atoms with Crippen LogP contribution >= 0.6 is 0 Å². The molecular weight excluding hydrogens is 255 g/mol. The predicted molar refractivity (Wildman–Crippen MR) is 77.4 cm³/mol. The van der Waals surface area contributed by atoms with E-state index in [4.69, 9.17) is 4.74 Å². The Hall–Kier alpha value is -1.94. The lowest BCUT2D eigenvalue weighted by molar-refractivity contribution is 0.416. The second-order valence-electron chi connectivity index (χ2n) is 5.04. The summed E-state index contributed by atoms with van der Waals surface area (Å²) in [5.41, 5.74) is 1.68. The molecule has 2 rings (SSSR count). The third-order valence-electron chi connectivity index (χ3n) is 2.87. The molecule has 1 heterocycles. The van der Waals surface area contributed by atoms with E-state index in [0.29, 0.717) is 23.9 Å². The standard InChI is InChI=1S/C16H19FN2O/c1-11(2)19-10-13-8-9-18-16(15(13)17)20-14-6-4-12(3)5-7-14/h4-9,11,19H,10H2,1-3H3. The zero-order valence-corrected chi connectivity index (χ0v) is 12.0. The van der Waals surface area contributed by atoms with Crippen LogP contribution in [0.5, 0.6) is 11.6 Å². The average molecular weight is 274 g/mol. The summed E-state index contributed by atoms with van der Waals surface area (Å²) in [6.45, 7) is 6.47. The van der Waals surface area contributed by atoms with Crippen molar-refractivity contribution in [2.24, 2.45) is 0 Å². The first kappa shape index (κ1) is 14.5. The molecule has 0 saturated heterocycles. The van der Waals surface area contributed by atoms with Crippen LogP contribution in [0.4, 0.5) is 4.39 Å². The zero-order valence-electron chi connectivity index (χ0n) is 12.0. The highest BCUT2D eigenvalue weighted by molar-refractivity contribution is 5.32.